The number of hydrogen-bond acceptors (Lipinski definition) is 4. The summed E-state index contributed by atoms with van der Waals surface area (Å²) in [6, 6.07) is 5.89. The van der Waals surface area contributed by atoms with Gasteiger partial charge < -0.3 is 4.98 Å². The molecule has 3 nitrogen and oxygen atoms in total. The van der Waals surface area contributed by atoms with Gasteiger partial charge in [0, 0.05) is 15.1 Å². The number of hydrogen-bond donors (Lipinski definition) is 1. The van der Waals surface area contributed by atoms with Crippen LogP contribution in [0.4, 0.5) is 0 Å². The largest absolute Gasteiger partial charge is 0.313 e. The average molecular weight is 315 g/mol. The summed E-state index contributed by atoms with van der Waals surface area (Å²) in [4.78, 5) is 30.2. The van der Waals surface area contributed by atoms with Crippen molar-refractivity contribution in [2.24, 2.45) is 0 Å². The van der Waals surface area contributed by atoms with E-state index in [2.05, 4.69) is 4.98 Å². The minimum Gasteiger partial charge on any atom is -0.313 e. The van der Waals surface area contributed by atoms with Gasteiger partial charge in [0.05, 0.1) is 5.56 Å². The minimum absolute atomic E-state index is 0.227. The maximum atomic E-state index is 12.3. The maximum Gasteiger partial charge on any atom is 0.260 e. The quantitative estimate of drug-likeness (QED) is 0.582. The molecule has 21 heavy (non-hydrogen) atoms. The highest BCUT2D eigenvalue weighted by molar-refractivity contribution is 7.16. The standard InChI is InChI=1S/C16H13NO2S2/c1-9-3-4-11(21-9)5-6-13(18)14-10(2)12-7-8-20-16(12)17-15(14)19/h3-8H,1-2H3,(H,17,19). The van der Waals surface area contributed by atoms with Gasteiger partial charge in [-0.2, -0.15) is 0 Å². The van der Waals surface area contributed by atoms with Crippen molar-refractivity contribution in [1.82, 2.24) is 4.98 Å². The number of carbonyl (C=O) groups excluding carboxylic acids is 1. The van der Waals surface area contributed by atoms with Gasteiger partial charge in [0.15, 0.2) is 5.78 Å². The summed E-state index contributed by atoms with van der Waals surface area (Å²) in [6.07, 6.45) is 3.23. The smallest absolute Gasteiger partial charge is 0.260 e. The lowest BCUT2D eigenvalue weighted by Crippen LogP contribution is -2.18. The van der Waals surface area contributed by atoms with Crippen molar-refractivity contribution in [3.63, 3.8) is 0 Å². The summed E-state index contributed by atoms with van der Waals surface area (Å²) in [7, 11) is 0. The molecule has 3 rings (SSSR count). The SMILES string of the molecule is Cc1ccc(C=CC(=O)c2c(C)c3ccsc3[nH]c2=O)s1. The molecule has 3 aromatic rings. The van der Waals surface area contributed by atoms with Crippen molar-refractivity contribution in [3.05, 3.63) is 60.9 Å². The highest BCUT2D eigenvalue weighted by atomic mass is 32.1. The van der Waals surface area contributed by atoms with E-state index < -0.39 is 0 Å². The van der Waals surface area contributed by atoms with Gasteiger partial charge in [-0.25, -0.2) is 0 Å². The van der Waals surface area contributed by atoms with E-state index in [0.717, 1.165) is 20.7 Å². The molecule has 0 unspecified atom stereocenters. The monoisotopic (exact) mass is 315 g/mol. The first kappa shape index (κ1) is 14.0. The van der Waals surface area contributed by atoms with Gasteiger partial charge in [0.25, 0.3) is 5.56 Å². The van der Waals surface area contributed by atoms with Crippen LogP contribution in [0.3, 0.4) is 0 Å². The Morgan fingerprint density at radius 3 is 2.76 bits per heavy atom. The predicted octanol–water partition coefficient (Wildman–Crippen LogP) is 4.16. The van der Waals surface area contributed by atoms with Gasteiger partial charge in [0.1, 0.15) is 4.83 Å². The fourth-order valence-electron chi connectivity index (χ4n) is 2.25. The second kappa shape index (κ2) is 5.42. The number of allylic oxidation sites excluding steroid dienone is 1. The summed E-state index contributed by atoms with van der Waals surface area (Å²) >= 11 is 3.08. The van der Waals surface area contributed by atoms with Crippen LogP contribution in [0.25, 0.3) is 16.3 Å². The first-order valence-electron chi connectivity index (χ1n) is 6.45. The molecule has 0 bridgehead atoms. The number of aromatic nitrogens is 1. The minimum atomic E-state index is -0.320. The van der Waals surface area contributed by atoms with Crippen molar-refractivity contribution < 1.29 is 4.79 Å². The summed E-state index contributed by atoms with van der Waals surface area (Å²) in [5.74, 6) is -0.257. The molecule has 0 aromatic carbocycles. The normalized spacial score (nSPS) is 11.5. The molecule has 3 heterocycles. The van der Waals surface area contributed by atoms with E-state index >= 15 is 0 Å². The van der Waals surface area contributed by atoms with Crippen LogP contribution in [0.2, 0.25) is 0 Å². The lowest BCUT2D eigenvalue weighted by Gasteiger charge is -2.02. The average Bonchev–Trinajstić information content (AvgIpc) is 3.05. The number of nitrogens with one attached hydrogen (secondary N) is 1. The molecule has 0 aliphatic heterocycles. The van der Waals surface area contributed by atoms with Crippen molar-refractivity contribution >= 4 is 44.7 Å². The Balaban J connectivity index is 2.01. The number of pyridine rings is 1. The summed E-state index contributed by atoms with van der Waals surface area (Å²) in [5, 5.41) is 2.84. The maximum absolute atomic E-state index is 12.3. The Bertz CT molecular complexity index is 912. The number of thiophene rings is 2. The molecule has 106 valence electrons. The third-order valence-electron chi connectivity index (χ3n) is 3.30. The molecule has 5 heteroatoms. The van der Waals surface area contributed by atoms with Crippen LogP contribution in [-0.2, 0) is 0 Å². The van der Waals surface area contributed by atoms with Crippen molar-refractivity contribution in [2.75, 3.05) is 0 Å². The molecule has 0 aliphatic rings. The van der Waals surface area contributed by atoms with Crippen molar-refractivity contribution in [3.8, 4) is 0 Å². The molecule has 0 fully saturated rings. The molecular formula is C16H13NO2S2. The highest BCUT2D eigenvalue weighted by Crippen LogP contribution is 2.23. The number of ketones is 1. The zero-order chi connectivity index (χ0) is 15.0. The van der Waals surface area contributed by atoms with Crippen LogP contribution in [0.15, 0.2) is 34.4 Å². The molecule has 0 saturated heterocycles. The molecular weight excluding hydrogens is 302 g/mol. The Morgan fingerprint density at radius 1 is 1.24 bits per heavy atom. The molecule has 0 amide bonds. The second-order valence-electron chi connectivity index (χ2n) is 4.76. The van der Waals surface area contributed by atoms with Crippen LogP contribution < -0.4 is 5.56 Å². The fraction of sp³-hybridized carbons (Fsp3) is 0.125. The van der Waals surface area contributed by atoms with Gasteiger partial charge in [-0.05, 0) is 55.1 Å². The third-order valence-corrected chi connectivity index (χ3v) is 5.10. The fourth-order valence-corrected chi connectivity index (χ4v) is 3.87. The van der Waals surface area contributed by atoms with Gasteiger partial charge in [0.2, 0.25) is 0 Å². The molecule has 3 aromatic heterocycles. The van der Waals surface area contributed by atoms with Crippen LogP contribution in [-0.4, -0.2) is 10.8 Å². The van der Waals surface area contributed by atoms with E-state index in [1.165, 1.54) is 22.3 Å². The van der Waals surface area contributed by atoms with E-state index in [1.807, 2.05) is 37.4 Å². The number of H-pyrrole nitrogens is 1. The van der Waals surface area contributed by atoms with Crippen LogP contribution >= 0.6 is 22.7 Å². The van der Waals surface area contributed by atoms with Gasteiger partial charge >= 0.3 is 0 Å². The van der Waals surface area contributed by atoms with Gasteiger partial charge in [-0.3, -0.25) is 9.59 Å². The first-order chi connectivity index (χ1) is 10.1. The van der Waals surface area contributed by atoms with E-state index in [1.54, 1.807) is 17.4 Å². The van der Waals surface area contributed by atoms with Crippen LogP contribution in [0, 0.1) is 13.8 Å². The zero-order valence-corrected chi connectivity index (χ0v) is 13.2. The first-order valence-corrected chi connectivity index (χ1v) is 8.15. The summed E-state index contributed by atoms with van der Waals surface area (Å²) in [6.45, 7) is 3.84. The molecule has 0 aliphatic carbocycles. The zero-order valence-electron chi connectivity index (χ0n) is 11.6. The topological polar surface area (TPSA) is 49.9 Å². The van der Waals surface area contributed by atoms with E-state index in [9.17, 15) is 9.59 Å². The molecule has 0 spiro atoms. The summed E-state index contributed by atoms with van der Waals surface area (Å²) in [5.41, 5.74) is 0.650. The third kappa shape index (κ3) is 2.62. The molecule has 0 radical (unpaired) electrons. The highest BCUT2D eigenvalue weighted by Gasteiger charge is 2.15. The van der Waals surface area contributed by atoms with E-state index in [0.29, 0.717) is 0 Å². The van der Waals surface area contributed by atoms with Crippen molar-refractivity contribution in [1.29, 1.82) is 0 Å². The predicted molar refractivity (Wildman–Crippen MR) is 89.6 cm³/mol. The van der Waals surface area contributed by atoms with E-state index in [-0.39, 0.29) is 16.9 Å². The second-order valence-corrected chi connectivity index (χ2v) is 7.00. The number of rotatable bonds is 3. The lowest BCUT2D eigenvalue weighted by molar-refractivity contribution is 0.104. The van der Waals surface area contributed by atoms with Crippen LogP contribution in [0.1, 0.15) is 25.7 Å². The number of aryl methyl sites for hydroxylation is 2. The number of fused-ring (bicyclic) bond motifs is 1. The molecule has 1 N–H and O–H groups in total. The number of carbonyl (C=O) groups is 1. The summed E-state index contributed by atoms with van der Waals surface area (Å²) < 4.78 is 0. The van der Waals surface area contributed by atoms with Gasteiger partial charge in [-0.15, -0.1) is 22.7 Å². The molecule has 0 atom stereocenters. The Hall–Kier alpha value is -1.98. The van der Waals surface area contributed by atoms with E-state index in [4.69, 9.17) is 0 Å². The Morgan fingerprint density at radius 2 is 2.05 bits per heavy atom. The Labute approximate surface area is 129 Å². The molecule has 0 saturated carbocycles. The van der Waals surface area contributed by atoms with Crippen molar-refractivity contribution in [2.45, 2.75) is 13.8 Å². The Kier molecular flexibility index (Phi) is 3.61. The van der Waals surface area contributed by atoms with Crippen LogP contribution in [0.5, 0.6) is 0 Å². The lowest BCUT2D eigenvalue weighted by atomic mass is 10.0. The number of aromatic amines is 1. The van der Waals surface area contributed by atoms with Gasteiger partial charge in [-0.1, -0.05) is 0 Å².